The molecule has 1 aliphatic heterocycles. The molecule has 1 aromatic heterocycles. The smallest absolute Gasteiger partial charge is 0.282 e. The molecule has 28 heavy (non-hydrogen) atoms. The lowest BCUT2D eigenvalue weighted by molar-refractivity contribution is -0.120. The third-order valence-electron chi connectivity index (χ3n) is 4.41. The van der Waals surface area contributed by atoms with E-state index in [1.54, 1.807) is 29.6 Å². The van der Waals surface area contributed by atoms with E-state index in [9.17, 15) is 18.4 Å². The Morgan fingerprint density at radius 2 is 1.75 bits per heavy atom. The Morgan fingerprint density at radius 1 is 0.964 bits per heavy atom. The van der Waals surface area contributed by atoms with E-state index in [-0.39, 0.29) is 17.0 Å². The maximum absolute atomic E-state index is 14.3. The number of thiophene rings is 1. The summed E-state index contributed by atoms with van der Waals surface area (Å²) in [5, 5.41) is 4.82. The minimum atomic E-state index is -0.982. The Balaban J connectivity index is 1.83. The highest BCUT2D eigenvalue weighted by Crippen LogP contribution is 2.36. The van der Waals surface area contributed by atoms with Crippen molar-refractivity contribution in [3.05, 3.63) is 87.7 Å². The predicted molar refractivity (Wildman–Crippen MR) is 105 cm³/mol. The number of imide groups is 1. The van der Waals surface area contributed by atoms with Crippen LogP contribution in [0.5, 0.6) is 0 Å². The number of hydrogen-bond donors (Lipinski definition) is 1. The van der Waals surface area contributed by atoms with Crippen molar-refractivity contribution in [2.24, 2.45) is 0 Å². The van der Waals surface area contributed by atoms with Gasteiger partial charge < -0.3 is 5.32 Å². The molecule has 140 valence electrons. The van der Waals surface area contributed by atoms with E-state index in [2.05, 4.69) is 5.32 Å². The van der Waals surface area contributed by atoms with Crippen LogP contribution in [0.3, 0.4) is 0 Å². The van der Waals surface area contributed by atoms with Gasteiger partial charge in [-0.05, 0) is 42.1 Å². The molecule has 0 spiro atoms. The molecule has 2 heterocycles. The number of nitrogens with zero attached hydrogens (tertiary/aromatic N) is 1. The molecule has 0 fully saturated rings. The van der Waals surface area contributed by atoms with Gasteiger partial charge >= 0.3 is 0 Å². The van der Waals surface area contributed by atoms with Crippen molar-refractivity contribution in [2.75, 3.05) is 10.2 Å². The van der Waals surface area contributed by atoms with Gasteiger partial charge in [0.15, 0.2) is 0 Å². The summed E-state index contributed by atoms with van der Waals surface area (Å²) in [5.41, 5.74) is 1.48. The van der Waals surface area contributed by atoms with E-state index >= 15 is 0 Å². The van der Waals surface area contributed by atoms with Gasteiger partial charge in [-0.3, -0.25) is 9.59 Å². The molecule has 3 aromatic rings. The summed E-state index contributed by atoms with van der Waals surface area (Å²) in [6, 6.07) is 13.5. The maximum atomic E-state index is 14.3. The van der Waals surface area contributed by atoms with Crippen LogP contribution in [0.25, 0.3) is 5.57 Å². The van der Waals surface area contributed by atoms with Crippen molar-refractivity contribution >= 4 is 40.1 Å². The minimum absolute atomic E-state index is 0.0606. The zero-order valence-corrected chi connectivity index (χ0v) is 15.5. The number of carbonyl (C=O) groups is 2. The van der Waals surface area contributed by atoms with Gasteiger partial charge in [0.2, 0.25) is 0 Å². The van der Waals surface area contributed by atoms with E-state index in [1.165, 1.54) is 11.3 Å². The molecule has 0 saturated heterocycles. The van der Waals surface area contributed by atoms with Crippen LogP contribution in [-0.4, -0.2) is 11.8 Å². The predicted octanol–water partition coefficient (Wildman–Crippen LogP) is 4.73. The molecule has 7 heteroatoms. The van der Waals surface area contributed by atoms with Gasteiger partial charge in [-0.15, -0.1) is 11.3 Å². The Morgan fingerprint density at radius 3 is 2.43 bits per heavy atom. The molecule has 4 nitrogen and oxygen atoms in total. The maximum Gasteiger partial charge on any atom is 0.282 e. The molecule has 0 aliphatic carbocycles. The second-order valence-corrected chi connectivity index (χ2v) is 7.16. The molecule has 0 radical (unpaired) electrons. The number of aryl methyl sites for hydroxylation is 1. The van der Waals surface area contributed by atoms with Gasteiger partial charge in [0.1, 0.15) is 17.3 Å². The normalized spacial score (nSPS) is 14.2. The zero-order chi connectivity index (χ0) is 19.8. The summed E-state index contributed by atoms with van der Waals surface area (Å²) in [4.78, 5) is 27.5. The number of para-hydroxylation sites is 1. The van der Waals surface area contributed by atoms with Gasteiger partial charge in [0.05, 0.1) is 11.3 Å². The number of amides is 2. The number of anilines is 2. The molecular weight excluding hydrogens is 382 g/mol. The summed E-state index contributed by atoms with van der Waals surface area (Å²) < 4.78 is 27.6. The van der Waals surface area contributed by atoms with Crippen LogP contribution in [0.4, 0.5) is 20.2 Å². The summed E-state index contributed by atoms with van der Waals surface area (Å²) >= 11 is 1.30. The van der Waals surface area contributed by atoms with E-state index in [0.717, 1.165) is 22.6 Å². The fourth-order valence-electron chi connectivity index (χ4n) is 3.02. The molecule has 1 N–H and O–H groups in total. The van der Waals surface area contributed by atoms with Crippen LogP contribution in [0.2, 0.25) is 0 Å². The van der Waals surface area contributed by atoms with Gasteiger partial charge in [0, 0.05) is 16.6 Å². The quantitative estimate of drug-likeness (QED) is 0.649. The van der Waals surface area contributed by atoms with Crippen LogP contribution < -0.4 is 10.2 Å². The Kier molecular flexibility index (Phi) is 4.52. The lowest BCUT2D eigenvalue weighted by atomic mass is 10.1. The fourth-order valence-corrected chi connectivity index (χ4v) is 3.79. The lowest BCUT2D eigenvalue weighted by Gasteiger charge is -2.16. The number of halogens is 2. The average molecular weight is 396 g/mol. The van der Waals surface area contributed by atoms with Gasteiger partial charge in [-0.25, -0.2) is 13.7 Å². The van der Waals surface area contributed by atoms with Gasteiger partial charge in [-0.1, -0.05) is 24.3 Å². The molecular formula is C21H14F2N2O2S. The Hall–Kier alpha value is -3.32. The summed E-state index contributed by atoms with van der Waals surface area (Å²) in [5.74, 6) is -3.12. The first-order valence-corrected chi connectivity index (χ1v) is 9.30. The average Bonchev–Trinajstić information content (AvgIpc) is 3.25. The number of hydrogen-bond acceptors (Lipinski definition) is 4. The van der Waals surface area contributed by atoms with E-state index in [4.69, 9.17) is 0 Å². The molecule has 0 atom stereocenters. The van der Waals surface area contributed by atoms with Crippen LogP contribution >= 0.6 is 11.3 Å². The highest BCUT2D eigenvalue weighted by molar-refractivity contribution is 7.11. The monoisotopic (exact) mass is 396 g/mol. The van der Waals surface area contributed by atoms with Crippen molar-refractivity contribution in [1.82, 2.24) is 0 Å². The summed E-state index contributed by atoms with van der Waals surface area (Å²) in [7, 11) is 0. The van der Waals surface area contributed by atoms with E-state index in [1.807, 2.05) is 19.1 Å². The third kappa shape index (κ3) is 2.99. The highest BCUT2D eigenvalue weighted by Gasteiger charge is 2.41. The number of benzene rings is 2. The first-order valence-electron chi connectivity index (χ1n) is 8.42. The van der Waals surface area contributed by atoms with Gasteiger partial charge in [0.25, 0.3) is 11.8 Å². The molecule has 2 amide bonds. The summed E-state index contributed by atoms with van der Waals surface area (Å²) in [6.07, 6.45) is 0. The molecule has 0 bridgehead atoms. The van der Waals surface area contributed by atoms with Crippen LogP contribution in [-0.2, 0) is 9.59 Å². The second kappa shape index (κ2) is 7.01. The van der Waals surface area contributed by atoms with Crippen LogP contribution in [0.1, 0.15) is 10.4 Å². The molecule has 0 unspecified atom stereocenters. The summed E-state index contributed by atoms with van der Waals surface area (Å²) in [6.45, 7) is 1.87. The Labute approximate surface area is 163 Å². The van der Waals surface area contributed by atoms with Crippen molar-refractivity contribution in [1.29, 1.82) is 0 Å². The van der Waals surface area contributed by atoms with Crippen LogP contribution in [0, 0.1) is 18.6 Å². The highest BCUT2D eigenvalue weighted by atomic mass is 32.1. The first kappa shape index (κ1) is 18.1. The molecule has 0 saturated carbocycles. The second-order valence-electron chi connectivity index (χ2n) is 6.21. The molecule has 2 aromatic carbocycles. The Bertz CT molecular complexity index is 1120. The van der Waals surface area contributed by atoms with Crippen LogP contribution in [0.15, 0.2) is 65.7 Å². The topological polar surface area (TPSA) is 49.4 Å². The number of carbonyl (C=O) groups excluding carboxylic acids is 2. The standard InChI is InChI=1S/C21H14F2N2O2S/c1-12-5-2-3-6-15(12)24-19-18(17-7-4-10-28-17)20(26)25(21(19)27)16-9-8-13(22)11-14(16)23/h2-11,24H,1H3. The lowest BCUT2D eigenvalue weighted by Crippen LogP contribution is -2.33. The van der Waals surface area contributed by atoms with Crippen molar-refractivity contribution < 1.29 is 18.4 Å². The molecule has 1 aliphatic rings. The minimum Gasteiger partial charge on any atom is -0.350 e. The van der Waals surface area contributed by atoms with Crippen molar-refractivity contribution in [3.8, 4) is 0 Å². The first-order chi connectivity index (χ1) is 13.5. The van der Waals surface area contributed by atoms with E-state index in [0.29, 0.717) is 16.6 Å². The fraction of sp³-hybridized carbons (Fsp3) is 0.0476. The SMILES string of the molecule is Cc1ccccc1NC1=C(c2cccs2)C(=O)N(c2ccc(F)cc2F)C1=O. The third-order valence-corrected chi connectivity index (χ3v) is 5.29. The van der Waals surface area contributed by atoms with Crippen molar-refractivity contribution in [3.63, 3.8) is 0 Å². The number of rotatable bonds is 4. The zero-order valence-electron chi connectivity index (χ0n) is 14.7. The van der Waals surface area contributed by atoms with Gasteiger partial charge in [-0.2, -0.15) is 0 Å². The van der Waals surface area contributed by atoms with E-state index < -0.39 is 23.4 Å². The number of nitrogens with one attached hydrogen (secondary N) is 1. The molecule has 4 rings (SSSR count). The largest absolute Gasteiger partial charge is 0.350 e. The van der Waals surface area contributed by atoms with Crippen molar-refractivity contribution in [2.45, 2.75) is 6.92 Å².